The summed E-state index contributed by atoms with van der Waals surface area (Å²) in [6.07, 6.45) is 1.73. The lowest BCUT2D eigenvalue weighted by atomic mass is 10.1. The number of nitrogens with one attached hydrogen (secondary N) is 1. The first-order valence-electron chi connectivity index (χ1n) is 5.73. The number of rotatable bonds is 6. The lowest BCUT2D eigenvalue weighted by Crippen LogP contribution is -2.27. The molecule has 5 nitrogen and oxygen atoms in total. The number of aromatic nitrogens is 1. The fourth-order valence-electron chi connectivity index (χ4n) is 1.64. The first kappa shape index (κ1) is 13.4. The number of nitrogens with two attached hydrogens (primary N) is 1. The van der Waals surface area contributed by atoms with Gasteiger partial charge in [0.05, 0.1) is 12.0 Å². The van der Waals surface area contributed by atoms with Crippen LogP contribution < -0.4 is 11.3 Å². The van der Waals surface area contributed by atoms with Gasteiger partial charge in [-0.3, -0.25) is 4.90 Å². The van der Waals surface area contributed by atoms with Crippen LogP contribution in [0, 0.1) is 17.2 Å². The van der Waals surface area contributed by atoms with Gasteiger partial charge in [-0.05, 0) is 31.2 Å². The van der Waals surface area contributed by atoms with Crippen molar-refractivity contribution in [2.75, 3.05) is 18.5 Å². The van der Waals surface area contributed by atoms with Gasteiger partial charge in [0.25, 0.3) is 0 Å². The molecule has 0 aliphatic carbocycles. The summed E-state index contributed by atoms with van der Waals surface area (Å²) in [6.45, 7) is 6.52. The summed E-state index contributed by atoms with van der Waals surface area (Å²) in [6, 6.07) is 6.13. The van der Waals surface area contributed by atoms with Crippen molar-refractivity contribution in [2.24, 2.45) is 11.8 Å². The van der Waals surface area contributed by atoms with Gasteiger partial charge in [0.2, 0.25) is 0 Å². The quantitative estimate of drug-likeness (QED) is 0.573. The van der Waals surface area contributed by atoms with E-state index in [1.807, 2.05) is 19.1 Å². The molecule has 0 aromatic carbocycles. The summed E-state index contributed by atoms with van der Waals surface area (Å²) < 4.78 is 0. The number of anilines is 1. The summed E-state index contributed by atoms with van der Waals surface area (Å²) in [7, 11) is 0. The smallest absolute Gasteiger partial charge is 0.140 e. The number of nitrogens with zero attached hydrogens (tertiary/aromatic N) is 3. The van der Waals surface area contributed by atoms with Gasteiger partial charge in [-0.15, -0.1) is 0 Å². The van der Waals surface area contributed by atoms with Gasteiger partial charge in [0.15, 0.2) is 0 Å². The molecule has 1 rings (SSSR count). The molecule has 3 N–H and O–H groups in total. The van der Waals surface area contributed by atoms with Crippen LogP contribution in [0.5, 0.6) is 0 Å². The van der Waals surface area contributed by atoms with E-state index >= 15 is 0 Å². The highest BCUT2D eigenvalue weighted by Gasteiger charge is 2.08. The lowest BCUT2D eigenvalue weighted by Gasteiger charge is -2.21. The van der Waals surface area contributed by atoms with E-state index in [0.29, 0.717) is 5.82 Å². The highest BCUT2D eigenvalue weighted by molar-refractivity contribution is 5.35. The molecule has 17 heavy (non-hydrogen) atoms. The van der Waals surface area contributed by atoms with Gasteiger partial charge >= 0.3 is 0 Å². The highest BCUT2D eigenvalue weighted by Crippen LogP contribution is 2.10. The highest BCUT2D eigenvalue weighted by atomic mass is 15.2. The van der Waals surface area contributed by atoms with Crippen molar-refractivity contribution in [3.05, 3.63) is 23.9 Å². The standard InChI is InChI=1S/C12H19N5/c1-3-17(8-10(2)7-13)9-11-4-5-15-12(6-11)16-14/h4-6,10H,3,8-9,14H2,1-2H3,(H,15,16). The molecule has 0 saturated carbocycles. The Labute approximate surface area is 102 Å². The molecule has 92 valence electrons. The first-order chi connectivity index (χ1) is 8.19. The van der Waals surface area contributed by atoms with E-state index in [2.05, 4.69) is 28.3 Å². The lowest BCUT2D eigenvalue weighted by molar-refractivity contribution is 0.260. The van der Waals surface area contributed by atoms with E-state index in [-0.39, 0.29) is 5.92 Å². The molecule has 1 heterocycles. The van der Waals surface area contributed by atoms with Crippen LogP contribution in [0.2, 0.25) is 0 Å². The average Bonchev–Trinajstić information content (AvgIpc) is 2.37. The molecule has 0 radical (unpaired) electrons. The predicted molar refractivity (Wildman–Crippen MR) is 67.8 cm³/mol. The number of pyridine rings is 1. The Morgan fingerprint density at radius 2 is 2.41 bits per heavy atom. The molecular weight excluding hydrogens is 214 g/mol. The maximum atomic E-state index is 8.81. The van der Waals surface area contributed by atoms with Crippen molar-refractivity contribution in [3.8, 4) is 6.07 Å². The fourth-order valence-corrected chi connectivity index (χ4v) is 1.64. The summed E-state index contributed by atoms with van der Waals surface area (Å²) in [5.41, 5.74) is 3.67. The molecule has 0 fully saturated rings. The summed E-state index contributed by atoms with van der Waals surface area (Å²) in [4.78, 5) is 6.29. The van der Waals surface area contributed by atoms with E-state index in [9.17, 15) is 0 Å². The van der Waals surface area contributed by atoms with E-state index in [4.69, 9.17) is 11.1 Å². The van der Waals surface area contributed by atoms with Crippen molar-refractivity contribution in [1.29, 1.82) is 5.26 Å². The molecule has 0 bridgehead atoms. The van der Waals surface area contributed by atoms with Gasteiger partial charge in [-0.2, -0.15) is 5.26 Å². The summed E-state index contributed by atoms with van der Waals surface area (Å²) in [5.74, 6) is 6.02. The van der Waals surface area contributed by atoms with Gasteiger partial charge < -0.3 is 5.43 Å². The van der Waals surface area contributed by atoms with Crippen LogP contribution in [0.15, 0.2) is 18.3 Å². The molecule has 0 aliphatic heterocycles. The Bertz CT molecular complexity index is 385. The minimum atomic E-state index is 0.0453. The van der Waals surface area contributed by atoms with Gasteiger partial charge in [0, 0.05) is 19.3 Å². The van der Waals surface area contributed by atoms with Gasteiger partial charge in [-0.25, -0.2) is 10.8 Å². The maximum Gasteiger partial charge on any atom is 0.140 e. The summed E-state index contributed by atoms with van der Waals surface area (Å²) in [5, 5.41) is 8.81. The van der Waals surface area contributed by atoms with Crippen molar-refractivity contribution in [1.82, 2.24) is 9.88 Å². The number of hydrazine groups is 1. The Kier molecular flexibility index (Phi) is 5.40. The molecule has 0 aliphatic rings. The SMILES string of the molecule is CCN(Cc1ccnc(NN)c1)CC(C)C#N. The molecular formula is C12H19N5. The monoisotopic (exact) mass is 233 g/mol. The minimum Gasteiger partial charge on any atom is -0.308 e. The van der Waals surface area contributed by atoms with E-state index in [0.717, 1.165) is 25.2 Å². The Balaban J connectivity index is 2.64. The Morgan fingerprint density at radius 1 is 1.65 bits per heavy atom. The zero-order chi connectivity index (χ0) is 12.7. The number of hydrogen-bond acceptors (Lipinski definition) is 5. The maximum absolute atomic E-state index is 8.81. The Morgan fingerprint density at radius 3 is 3.00 bits per heavy atom. The largest absolute Gasteiger partial charge is 0.308 e. The predicted octanol–water partition coefficient (Wildman–Crippen LogP) is 1.35. The van der Waals surface area contributed by atoms with E-state index in [1.54, 1.807) is 6.20 Å². The van der Waals surface area contributed by atoms with Crippen LogP contribution in [0.3, 0.4) is 0 Å². The second-order valence-electron chi connectivity index (χ2n) is 4.05. The first-order valence-corrected chi connectivity index (χ1v) is 5.73. The summed E-state index contributed by atoms with van der Waals surface area (Å²) >= 11 is 0. The second kappa shape index (κ2) is 6.84. The van der Waals surface area contributed by atoms with Crippen LogP contribution in [0.1, 0.15) is 19.4 Å². The topological polar surface area (TPSA) is 78.0 Å². The molecule has 5 heteroatoms. The van der Waals surface area contributed by atoms with E-state index in [1.165, 1.54) is 0 Å². The molecule has 0 saturated heterocycles. The second-order valence-corrected chi connectivity index (χ2v) is 4.05. The van der Waals surface area contributed by atoms with Crippen LogP contribution in [-0.2, 0) is 6.54 Å². The zero-order valence-corrected chi connectivity index (χ0v) is 10.3. The Hall–Kier alpha value is -1.64. The van der Waals surface area contributed by atoms with Crippen molar-refractivity contribution < 1.29 is 0 Å². The minimum absolute atomic E-state index is 0.0453. The van der Waals surface area contributed by atoms with Crippen LogP contribution in [-0.4, -0.2) is 23.0 Å². The molecule has 1 aromatic heterocycles. The molecule has 1 atom stereocenters. The van der Waals surface area contributed by atoms with Crippen molar-refractivity contribution >= 4 is 5.82 Å². The van der Waals surface area contributed by atoms with Crippen molar-refractivity contribution in [3.63, 3.8) is 0 Å². The molecule has 0 spiro atoms. The number of nitrogen functional groups attached to an aromatic ring is 1. The normalized spacial score (nSPS) is 12.2. The van der Waals surface area contributed by atoms with E-state index < -0.39 is 0 Å². The van der Waals surface area contributed by atoms with Gasteiger partial charge in [0.1, 0.15) is 5.82 Å². The van der Waals surface area contributed by atoms with Crippen LogP contribution in [0.25, 0.3) is 0 Å². The molecule has 1 aromatic rings. The third-order valence-electron chi connectivity index (χ3n) is 2.58. The van der Waals surface area contributed by atoms with Crippen LogP contribution in [0.4, 0.5) is 5.82 Å². The fraction of sp³-hybridized carbons (Fsp3) is 0.500. The van der Waals surface area contributed by atoms with Crippen LogP contribution >= 0.6 is 0 Å². The molecule has 1 unspecified atom stereocenters. The third-order valence-corrected chi connectivity index (χ3v) is 2.58. The zero-order valence-electron chi connectivity index (χ0n) is 10.3. The number of hydrogen-bond donors (Lipinski definition) is 2. The third kappa shape index (κ3) is 4.39. The van der Waals surface area contributed by atoms with Gasteiger partial charge in [-0.1, -0.05) is 6.92 Å². The average molecular weight is 233 g/mol. The molecule has 0 amide bonds. The number of nitriles is 1. The van der Waals surface area contributed by atoms with Crippen molar-refractivity contribution in [2.45, 2.75) is 20.4 Å².